The molecule has 0 aliphatic carbocycles. The Morgan fingerprint density at radius 3 is 1.58 bits per heavy atom. The van der Waals surface area contributed by atoms with Crippen LogP contribution in [0.2, 0.25) is 0 Å². The summed E-state index contributed by atoms with van der Waals surface area (Å²) in [7, 11) is 0. The van der Waals surface area contributed by atoms with Gasteiger partial charge in [0.25, 0.3) is 5.91 Å². The van der Waals surface area contributed by atoms with Crippen LogP contribution in [0.15, 0.2) is 30.3 Å². The zero-order valence-corrected chi connectivity index (χ0v) is 14.4. The number of rotatable bonds is 8. The van der Waals surface area contributed by atoms with E-state index in [1.165, 1.54) is 18.2 Å². The molecule has 0 saturated heterocycles. The van der Waals surface area contributed by atoms with Gasteiger partial charge < -0.3 is 10.4 Å². The highest BCUT2D eigenvalue weighted by Crippen LogP contribution is 2.60. The van der Waals surface area contributed by atoms with E-state index in [0.29, 0.717) is 0 Å². The van der Waals surface area contributed by atoms with Crippen molar-refractivity contribution in [2.45, 2.75) is 41.9 Å². The molecule has 0 radical (unpaired) electrons. The summed E-state index contributed by atoms with van der Waals surface area (Å²) in [6, 6.07) is 6.25. The molecule has 0 aromatic heterocycles. The first-order chi connectivity index (χ1) is 13.7. The van der Waals surface area contributed by atoms with E-state index in [9.17, 15) is 67.0 Å². The number of hydrogen-bond acceptors (Lipinski definition) is 2. The van der Waals surface area contributed by atoms with E-state index in [1.54, 1.807) is 0 Å². The topological polar surface area (TPSA) is 49.3 Å². The Labute approximate surface area is 163 Å². The summed E-state index contributed by atoms with van der Waals surface area (Å²) in [6.45, 7) is -1.37. The lowest BCUT2D eigenvalue weighted by Gasteiger charge is -2.39. The molecule has 2 N–H and O–H groups in total. The van der Waals surface area contributed by atoms with E-state index < -0.39 is 54.3 Å². The largest absolute Gasteiger partial charge is 0.460 e. The zero-order chi connectivity index (χ0) is 24.7. The number of nitrogens with one attached hydrogen (secondary N) is 1. The third-order valence-corrected chi connectivity index (χ3v) is 3.86. The van der Waals surface area contributed by atoms with E-state index in [0.717, 1.165) is 17.4 Å². The highest BCUT2D eigenvalue weighted by molar-refractivity contribution is 5.84. The monoisotopic (exact) mass is 483 g/mol. The van der Waals surface area contributed by atoms with Crippen molar-refractivity contribution < 1.29 is 67.0 Å². The van der Waals surface area contributed by atoms with Gasteiger partial charge in [-0.3, -0.25) is 4.79 Å². The van der Waals surface area contributed by atoms with Gasteiger partial charge >= 0.3 is 35.8 Å². The van der Waals surface area contributed by atoms with E-state index >= 15 is 0 Å². The van der Waals surface area contributed by atoms with Crippen molar-refractivity contribution in [3.8, 4) is 0 Å². The fraction of sp³-hybridized carbons (Fsp3) is 0.533. The Morgan fingerprint density at radius 2 is 1.16 bits per heavy atom. The maximum absolute atomic E-state index is 13.6. The molecule has 0 bridgehead atoms. The highest BCUT2D eigenvalue weighted by atomic mass is 19.4. The van der Waals surface area contributed by atoms with Gasteiger partial charge in [0.05, 0.1) is 6.10 Å². The van der Waals surface area contributed by atoms with Gasteiger partial charge in [-0.15, -0.1) is 0 Å². The second kappa shape index (κ2) is 8.02. The molecule has 3 nitrogen and oxygen atoms in total. The summed E-state index contributed by atoms with van der Waals surface area (Å²) in [5.74, 6) is -42.1. The van der Waals surface area contributed by atoms with Crippen LogP contribution in [0.1, 0.15) is 11.7 Å². The maximum Gasteiger partial charge on any atom is 0.460 e. The minimum absolute atomic E-state index is 0.112. The van der Waals surface area contributed by atoms with E-state index in [2.05, 4.69) is 0 Å². The van der Waals surface area contributed by atoms with Crippen molar-refractivity contribution in [1.82, 2.24) is 5.32 Å². The first-order valence-corrected chi connectivity index (χ1v) is 7.63. The lowest BCUT2D eigenvalue weighted by molar-refractivity contribution is -0.436. The lowest BCUT2D eigenvalue weighted by Crippen LogP contribution is -2.72. The summed E-state index contributed by atoms with van der Waals surface area (Å²) >= 11 is 0. The van der Waals surface area contributed by atoms with Crippen molar-refractivity contribution in [3.05, 3.63) is 35.9 Å². The van der Waals surface area contributed by atoms with Gasteiger partial charge in [-0.1, -0.05) is 30.3 Å². The number of aliphatic hydroxyl groups excluding tert-OH is 1. The zero-order valence-electron chi connectivity index (χ0n) is 14.4. The molecule has 16 heteroatoms. The number of benzene rings is 1. The summed E-state index contributed by atoms with van der Waals surface area (Å²) in [6.07, 6.45) is -9.43. The molecule has 0 aliphatic rings. The van der Waals surface area contributed by atoms with Crippen molar-refractivity contribution in [2.24, 2.45) is 0 Å². The van der Waals surface area contributed by atoms with Crippen LogP contribution in [-0.4, -0.2) is 53.3 Å². The fourth-order valence-corrected chi connectivity index (χ4v) is 2.01. The third kappa shape index (κ3) is 4.25. The summed E-state index contributed by atoms with van der Waals surface area (Å²) in [4.78, 5) is 11.2. The number of carbonyl (C=O) groups is 1. The summed E-state index contributed by atoms with van der Waals surface area (Å²) < 4.78 is 168. The molecule has 1 rings (SSSR count). The van der Waals surface area contributed by atoms with Crippen molar-refractivity contribution >= 4 is 5.91 Å². The van der Waals surface area contributed by atoms with Gasteiger partial charge in [-0.2, -0.15) is 57.1 Å². The standard InChI is InChI=1S/C15H10F13NO2/c16-10(17,9(31)29-6-8(30)7-4-2-1-3-5-7)11(18,19)12(20,21)13(22,23)14(24,25)15(26,27)28/h1-5,8,30H,6H2,(H,29,31)/t8-/m1/s1. The molecule has 0 unspecified atom stereocenters. The van der Waals surface area contributed by atoms with Crippen molar-refractivity contribution in [1.29, 1.82) is 0 Å². The summed E-state index contributed by atoms with van der Waals surface area (Å²) in [5.41, 5.74) is -0.112. The molecule has 1 aromatic rings. The second-order valence-electron chi connectivity index (χ2n) is 6.01. The number of aliphatic hydroxyl groups is 1. The average molecular weight is 483 g/mol. The third-order valence-electron chi connectivity index (χ3n) is 3.86. The number of hydrogen-bond donors (Lipinski definition) is 2. The van der Waals surface area contributed by atoms with Gasteiger partial charge in [-0.05, 0) is 5.56 Å². The first-order valence-electron chi connectivity index (χ1n) is 7.63. The van der Waals surface area contributed by atoms with Crippen molar-refractivity contribution in [2.75, 3.05) is 6.54 Å². The molecule has 0 aliphatic heterocycles. The Kier molecular flexibility index (Phi) is 6.92. The second-order valence-corrected chi connectivity index (χ2v) is 6.01. The average Bonchev–Trinajstić information content (AvgIpc) is 2.64. The predicted octanol–water partition coefficient (Wildman–Crippen LogP) is 4.58. The first kappa shape index (κ1) is 26.8. The Balaban J connectivity index is 3.19. The molecule has 1 amide bonds. The van der Waals surface area contributed by atoms with Crippen LogP contribution in [0.5, 0.6) is 0 Å². The van der Waals surface area contributed by atoms with E-state index in [4.69, 9.17) is 0 Å². The van der Waals surface area contributed by atoms with E-state index in [1.807, 2.05) is 0 Å². The molecule has 0 saturated carbocycles. The van der Waals surface area contributed by atoms with Gasteiger partial charge in [0.15, 0.2) is 0 Å². The molecule has 0 spiro atoms. The van der Waals surface area contributed by atoms with Crippen LogP contribution < -0.4 is 5.32 Å². The van der Waals surface area contributed by atoms with Crippen LogP contribution in [0.4, 0.5) is 57.1 Å². The smallest absolute Gasteiger partial charge is 0.387 e. The van der Waals surface area contributed by atoms with Gasteiger partial charge in [0, 0.05) is 6.54 Å². The molecule has 178 valence electrons. The number of amides is 1. The minimum Gasteiger partial charge on any atom is -0.387 e. The molecule has 0 fully saturated rings. The summed E-state index contributed by atoms with van der Waals surface area (Å²) in [5, 5.41) is 10.4. The minimum atomic E-state index is -8.09. The number of halogens is 13. The van der Waals surface area contributed by atoms with E-state index in [-0.39, 0.29) is 5.56 Å². The molecule has 31 heavy (non-hydrogen) atoms. The van der Waals surface area contributed by atoms with Crippen LogP contribution in [0.3, 0.4) is 0 Å². The maximum atomic E-state index is 13.6. The molecule has 1 atom stereocenters. The fourth-order valence-electron chi connectivity index (χ4n) is 2.01. The molecule has 1 aromatic carbocycles. The molecular weight excluding hydrogens is 473 g/mol. The van der Waals surface area contributed by atoms with Gasteiger partial charge in [0.1, 0.15) is 0 Å². The lowest BCUT2D eigenvalue weighted by atomic mass is 9.93. The van der Waals surface area contributed by atoms with Gasteiger partial charge in [0.2, 0.25) is 0 Å². The SMILES string of the molecule is O=C(NC[C@@H](O)c1ccccc1)C(F)(F)C(F)(F)C(F)(F)C(F)(F)C(F)(F)C(F)(F)F. The normalized spacial score (nSPS) is 15.5. The quantitative estimate of drug-likeness (QED) is 0.533. The van der Waals surface area contributed by atoms with Crippen LogP contribution in [0, 0.1) is 0 Å². The van der Waals surface area contributed by atoms with Gasteiger partial charge in [-0.25, -0.2) is 0 Å². The van der Waals surface area contributed by atoms with Crippen molar-refractivity contribution in [3.63, 3.8) is 0 Å². The van der Waals surface area contributed by atoms with Crippen LogP contribution in [0.25, 0.3) is 0 Å². The predicted molar refractivity (Wildman–Crippen MR) is 75.2 cm³/mol. The van der Waals surface area contributed by atoms with Crippen LogP contribution >= 0.6 is 0 Å². The number of carbonyl (C=O) groups excluding carboxylic acids is 1. The molecule has 0 heterocycles. The Bertz CT molecular complexity index is 777. The number of alkyl halides is 13. The Morgan fingerprint density at radius 1 is 0.742 bits per heavy atom. The molecular formula is C15H10F13NO2. The van der Waals surface area contributed by atoms with Crippen LogP contribution in [-0.2, 0) is 4.79 Å². The highest BCUT2D eigenvalue weighted by Gasteiger charge is 2.91. The Hall–Kier alpha value is -2.26.